The Balaban J connectivity index is 2.12. The van der Waals surface area contributed by atoms with Gasteiger partial charge in [-0.05, 0) is 31.2 Å². The zero-order valence-electron chi connectivity index (χ0n) is 9.25. The maximum absolute atomic E-state index is 5.08. The number of methoxy groups -OCH3 is 1. The predicted molar refractivity (Wildman–Crippen MR) is 55.9 cm³/mol. The summed E-state index contributed by atoms with van der Waals surface area (Å²) in [5.74, 6) is 1.80. The molecule has 0 bridgehead atoms. The lowest BCUT2D eigenvalue weighted by atomic mass is 9.97. The number of nitrogens with zero attached hydrogens (tertiary/aromatic N) is 1. The van der Waals surface area contributed by atoms with E-state index in [0.717, 1.165) is 25.0 Å². The monoisotopic (exact) mass is 185 g/mol. The van der Waals surface area contributed by atoms with Gasteiger partial charge in [0.15, 0.2) is 0 Å². The Kier molecular flexibility index (Phi) is 4.74. The molecule has 1 heterocycles. The van der Waals surface area contributed by atoms with Crippen LogP contribution in [-0.2, 0) is 4.74 Å². The molecule has 0 aromatic carbocycles. The van der Waals surface area contributed by atoms with Crippen LogP contribution in [0.15, 0.2) is 0 Å². The molecule has 0 saturated carbocycles. The quantitative estimate of drug-likeness (QED) is 0.649. The van der Waals surface area contributed by atoms with Crippen molar-refractivity contribution in [2.75, 3.05) is 33.4 Å². The molecule has 1 aliphatic heterocycles. The van der Waals surface area contributed by atoms with E-state index in [1.165, 1.54) is 25.9 Å². The molecule has 0 N–H and O–H groups in total. The summed E-state index contributed by atoms with van der Waals surface area (Å²) < 4.78 is 5.08. The fraction of sp³-hybridized carbons (Fsp3) is 1.00. The van der Waals surface area contributed by atoms with Crippen molar-refractivity contribution < 1.29 is 4.74 Å². The van der Waals surface area contributed by atoms with Gasteiger partial charge in [-0.2, -0.15) is 0 Å². The molecule has 1 aliphatic rings. The maximum atomic E-state index is 5.08. The molecule has 1 unspecified atom stereocenters. The minimum Gasteiger partial charge on any atom is -0.383 e. The smallest absolute Gasteiger partial charge is 0.0589 e. The molecule has 0 radical (unpaired) electrons. The first-order chi connectivity index (χ1) is 6.22. The highest BCUT2D eigenvalue weighted by molar-refractivity contribution is 4.75. The summed E-state index contributed by atoms with van der Waals surface area (Å²) in [6.45, 7) is 9.21. The highest BCUT2D eigenvalue weighted by Gasteiger charge is 2.22. The molecule has 0 aliphatic carbocycles. The SMILES string of the molecule is COCCN1CCC(CC(C)C)C1. The molecule has 2 nitrogen and oxygen atoms in total. The zero-order valence-corrected chi connectivity index (χ0v) is 9.25. The zero-order chi connectivity index (χ0) is 9.68. The van der Waals surface area contributed by atoms with Crippen LogP contribution in [0.1, 0.15) is 26.7 Å². The number of rotatable bonds is 5. The molecule has 0 spiro atoms. The van der Waals surface area contributed by atoms with Crippen molar-refractivity contribution in [3.63, 3.8) is 0 Å². The van der Waals surface area contributed by atoms with E-state index in [1.807, 2.05) is 0 Å². The predicted octanol–water partition coefficient (Wildman–Crippen LogP) is 2.00. The molecule has 1 rings (SSSR count). The van der Waals surface area contributed by atoms with E-state index in [9.17, 15) is 0 Å². The first kappa shape index (κ1) is 11.0. The average Bonchev–Trinajstić information content (AvgIpc) is 2.48. The van der Waals surface area contributed by atoms with E-state index in [0.29, 0.717) is 0 Å². The lowest BCUT2D eigenvalue weighted by molar-refractivity contribution is 0.158. The maximum Gasteiger partial charge on any atom is 0.0589 e. The van der Waals surface area contributed by atoms with Crippen molar-refractivity contribution in [3.05, 3.63) is 0 Å². The summed E-state index contributed by atoms with van der Waals surface area (Å²) in [5.41, 5.74) is 0. The molecule has 13 heavy (non-hydrogen) atoms. The summed E-state index contributed by atoms with van der Waals surface area (Å²) in [6.07, 6.45) is 2.78. The van der Waals surface area contributed by atoms with Gasteiger partial charge >= 0.3 is 0 Å². The van der Waals surface area contributed by atoms with Gasteiger partial charge in [0.25, 0.3) is 0 Å². The average molecular weight is 185 g/mol. The third-order valence-electron chi connectivity index (χ3n) is 2.79. The van der Waals surface area contributed by atoms with Gasteiger partial charge in [-0.25, -0.2) is 0 Å². The molecular weight excluding hydrogens is 162 g/mol. The highest BCUT2D eigenvalue weighted by atomic mass is 16.5. The second kappa shape index (κ2) is 5.61. The minimum atomic E-state index is 0.854. The summed E-state index contributed by atoms with van der Waals surface area (Å²) in [6, 6.07) is 0. The van der Waals surface area contributed by atoms with Gasteiger partial charge < -0.3 is 9.64 Å². The van der Waals surface area contributed by atoms with Gasteiger partial charge in [0.2, 0.25) is 0 Å². The summed E-state index contributed by atoms with van der Waals surface area (Å²) in [5, 5.41) is 0. The number of hydrogen-bond acceptors (Lipinski definition) is 2. The van der Waals surface area contributed by atoms with E-state index in [4.69, 9.17) is 4.74 Å². The third kappa shape index (κ3) is 4.10. The fourth-order valence-corrected chi connectivity index (χ4v) is 2.20. The second-order valence-corrected chi connectivity index (χ2v) is 4.58. The topological polar surface area (TPSA) is 12.5 Å². The van der Waals surface area contributed by atoms with E-state index >= 15 is 0 Å². The number of likely N-dealkylation sites (tertiary alicyclic amines) is 1. The van der Waals surface area contributed by atoms with Gasteiger partial charge in [-0.1, -0.05) is 13.8 Å². The Morgan fingerprint density at radius 3 is 2.85 bits per heavy atom. The summed E-state index contributed by atoms with van der Waals surface area (Å²) in [4.78, 5) is 2.52. The van der Waals surface area contributed by atoms with Crippen molar-refractivity contribution in [2.24, 2.45) is 11.8 Å². The van der Waals surface area contributed by atoms with Gasteiger partial charge in [0.1, 0.15) is 0 Å². The molecule has 0 amide bonds. The molecule has 2 heteroatoms. The Morgan fingerprint density at radius 1 is 1.46 bits per heavy atom. The Morgan fingerprint density at radius 2 is 2.23 bits per heavy atom. The lowest BCUT2D eigenvalue weighted by Gasteiger charge is -2.16. The lowest BCUT2D eigenvalue weighted by Crippen LogP contribution is -2.25. The largest absolute Gasteiger partial charge is 0.383 e. The molecule has 78 valence electrons. The van der Waals surface area contributed by atoms with Crippen molar-refractivity contribution in [1.29, 1.82) is 0 Å². The molecule has 0 aromatic heterocycles. The van der Waals surface area contributed by atoms with E-state index < -0.39 is 0 Å². The van der Waals surface area contributed by atoms with Crippen LogP contribution in [0.4, 0.5) is 0 Å². The first-order valence-corrected chi connectivity index (χ1v) is 5.43. The van der Waals surface area contributed by atoms with Crippen LogP contribution < -0.4 is 0 Å². The highest BCUT2D eigenvalue weighted by Crippen LogP contribution is 2.22. The van der Waals surface area contributed by atoms with E-state index in [2.05, 4.69) is 18.7 Å². The van der Waals surface area contributed by atoms with Gasteiger partial charge in [0, 0.05) is 20.2 Å². The fourth-order valence-electron chi connectivity index (χ4n) is 2.20. The number of hydrogen-bond donors (Lipinski definition) is 0. The van der Waals surface area contributed by atoms with Gasteiger partial charge in [0.05, 0.1) is 6.61 Å². The van der Waals surface area contributed by atoms with Crippen LogP contribution in [0.2, 0.25) is 0 Å². The Labute approximate surface area is 82.3 Å². The van der Waals surface area contributed by atoms with Crippen LogP contribution in [-0.4, -0.2) is 38.3 Å². The van der Waals surface area contributed by atoms with Crippen molar-refractivity contribution >= 4 is 0 Å². The third-order valence-corrected chi connectivity index (χ3v) is 2.79. The summed E-state index contributed by atoms with van der Waals surface area (Å²) in [7, 11) is 1.78. The minimum absolute atomic E-state index is 0.854. The van der Waals surface area contributed by atoms with Crippen LogP contribution >= 0.6 is 0 Å². The van der Waals surface area contributed by atoms with Crippen molar-refractivity contribution in [2.45, 2.75) is 26.7 Å². The molecule has 0 aromatic rings. The number of ether oxygens (including phenoxy) is 1. The van der Waals surface area contributed by atoms with Crippen LogP contribution in [0, 0.1) is 11.8 Å². The molecule has 1 saturated heterocycles. The summed E-state index contributed by atoms with van der Waals surface area (Å²) >= 11 is 0. The Bertz CT molecular complexity index is 136. The van der Waals surface area contributed by atoms with Crippen LogP contribution in [0.5, 0.6) is 0 Å². The van der Waals surface area contributed by atoms with Crippen LogP contribution in [0.25, 0.3) is 0 Å². The molecule has 1 atom stereocenters. The molecule has 1 fully saturated rings. The Hall–Kier alpha value is -0.0800. The first-order valence-electron chi connectivity index (χ1n) is 5.43. The van der Waals surface area contributed by atoms with E-state index in [-0.39, 0.29) is 0 Å². The van der Waals surface area contributed by atoms with Gasteiger partial charge in [-0.15, -0.1) is 0 Å². The standard InChI is InChI=1S/C11H23NO/c1-10(2)8-11-4-5-12(9-11)6-7-13-3/h10-11H,4-9H2,1-3H3. The van der Waals surface area contributed by atoms with Crippen molar-refractivity contribution in [1.82, 2.24) is 4.90 Å². The second-order valence-electron chi connectivity index (χ2n) is 4.58. The van der Waals surface area contributed by atoms with Crippen molar-refractivity contribution in [3.8, 4) is 0 Å². The molecular formula is C11H23NO. The normalized spacial score (nSPS) is 24.5. The van der Waals surface area contributed by atoms with Crippen LogP contribution in [0.3, 0.4) is 0 Å². The van der Waals surface area contributed by atoms with E-state index in [1.54, 1.807) is 7.11 Å². The van der Waals surface area contributed by atoms with Gasteiger partial charge in [-0.3, -0.25) is 0 Å².